The smallest absolute Gasteiger partial charge is 0.223 e. The molecule has 1 saturated carbocycles. The topological polar surface area (TPSA) is 29.1 Å². The third-order valence-corrected chi connectivity index (χ3v) is 3.46. The molecule has 1 amide bonds. The van der Waals surface area contributed by atoms with Crippen LogP contribution in [0.3, 0.4) is 0 Å². The van der Waals surface area contributed by atoms with Crippen molar-refractivity contribution in [3.8, 4) is 0 Å². The molecule has 2 atom stereocenters. The second-order valence-corrected chi connectivity index (χ2v) is 5.27. The highest BCUT2D eigenvalue weighted by molar-refractivity contribution is 5.79. The van der Waals surface area contributed by atoms with Crippen molar-refractivity contribution in [2.75, 3.05) is 0 Å². The lowest BCUT2D eigenvalue weighted by molar-refractivity contribution is -0.126. The number of hydrogen-bond donors (Lipinski definition) is 1. The van der Waals surface area contributed by atoms with Crippen LogP contribution in [-0.2, 0) is 4.79 Å². The number of carbonyl (C=O) groups is 1. The second-order valence-electron chi connectivity index (χ2n) is 5.27. The SMILES string of the molecule is CCC[C@@H](C(C)C)C(C)C(=O)NC1CC1. The standard InChI is InChI=1S/C13H25NO/c1-5-6-12(9(2)3)10(4)13(15)14-11-7-8-11/h9-12H,5-8H2,1-4H3,(H,14,15)/t10?,12-/m0/s1. The molecule has 0 radical (unpaired) electrons. The summed E-state index contributed by atoms with van der Waals surface area (Å²) in [6.07, 6.45) is 4.69. The van der Waals surface area contributed by atoms with Gasteiger partial charge in [-0.2, -0.15) is 0 Å². The lowest BCUT2D eigenvalue weighted by atomic mass is 9.81. The van der Waals surface area contributed by atoms with Crippen molar-refractivity contribution in [3.05, 3.63) is 0 Å². The molecule has 0 aromatic rings. The fourth-order valence-corrected chi connectivity index (χ4v) is 2.25. The molecule has 0 aromatic heterocycles. The van der Waals surface area contributed by atoms with Gasteiger partial charge < -0.3 is 5.32 Å². The van der Waals surface area contributed by atoms with Gasteiger partial charge in [-0.05, 0) is 31.1 Å². The zero-order chi connectivity index (χ0) is 11.4. The summed E-state index contributed by atoms with van der Waals surface area (Å²) in [7, 11) is 0. The van der Waals surface area contributed by atoms with Gasteiger partial charge in [0, 0.05) is 12.0 Å². The highest BCUT2D eigenvalue weighted by Crippen LogP contribution is 2.27. The summed E-state index contributed by atoms with van der Waals surface area (Å²) in [5, 5.41) is 3.11. The number of nitrogens with one attached hydrogen (secondary N) is 1. The molecular weight excluding hydrogens is 186 g/mol. The molecule has 1 rings (SSSR count). The van der Waals surface area contributed by atoms with Crippen LogP contribution in [0.5, 0.6) is 0 Å². The summed E-state index contributed by atoms with van der Waals surface area (Å²) in [6.45, 7) is 8.72. The Morgan fingerprint density at radius 1 is 1.33 bits per heavy atom. The predicted molar refractivity (Wildman–Crippen MR) is 63.6 cm³/mol. The van der Waals surface area contributed by atoms with Crippen molar-refractivity contribution >= 4 is 5.91 Å². The maximum Gasteiger partial charge on any atom is 0.223 e. The summed E-state index contributed by atoms with van der Waals surface area (Å²) in [4.78, 5) is 11.9. The molecule has 1 aliphatic carbocycles. The zero-order valence-corrected chi connectivity index (χ0v) is 10.5. The fourth-order valence-electron chi connectivity index (χ4n) is 2.25. The Balaban J connectivity index is 2.44. The van der Waals surface area contributed by atoms with Crippen LogP contribution in [0.4, 0.5) is 0 Å². The highest BCUT2D eigenvalue weighted by Gasteiger charge is 2.30. The van der Waals surface area contributed by atoms with E-state index in [2.05, 4.69) is 33.0 Å². The van der Waals surface area contributed by atoms with Gasteiger partial charge in [-0.25, -0.2) is 0 Å². The number of amides is 1. The Morgan fingerprint density at radius 2 is 1.93 bits per heavy atom. The summed E-state index contributed by atoms with van der Waals surface area (Å²) in [5.41, 5.74) is 0. The van der Waals surface area contributed by atoms with Crippen LogP contribution in [0, 0.1) is 17.8 Å². The van der Waals surface area contributed by atoms with E-state index in [-0.39, 0.29) is 11.8 Å². The van der Waals surface area contributed by atoms with Gasteiger partial charge in [0.1, 0.15) is 0 Å². The molecule has 1 aliphatic rings. The van der Waals surface area contributed by atoms with Crippen LogP contribution in [0.15, 0.2) is 0 Å². The Morgan fingerprint density at radius 3 is 2.33 bits per heavy atom. The molecule has 88 valence electrons. The summed E-state index contributed by atoms with van der Waals surface area (Å²) in [5.74, 6) is 1.58. The predicted octanol–water partition coefficient (Wildman–Crippen LogP) is 2.97. The van der Waals surface area contributed by atoms with Crippen molar-refractivity contribution in [2.45, 2.75) is 59.4 Å². The van der Waals surface area contributed by atoms with Crippen LogP contribution in [-0.4, -0.2) is 11.9 Å². The van der Waals surface area contributed by atoms with Crippen molar-refractivity contribution in [1.82, 2.24) is 5.32 Å². The Bertz CT molecular complexity index is 209. The van der Waals surface area contributed by atoms with Crippen LogP contribution in [0.2, 0.25) is 0 Å². The molecule has 1 fully saturated rings. The van der Waals surface area contributed by atoms with Gasteiger partial charge in [-0.3, -0.25) is 4.79 Å². The molecule has 0 saturated heterocycles. The Hall–Kier alpha value is -0.530. The highest BCUT2D eigenvalue weighted by atomic mass is 16.2. The van der Waals surface area contributed by atoms with Gasteiger partial charge in [-0.1, -0.05) is 34.1 Å². The average molecular weight is 211 g/mol. The van der Waals surface area contributed by atoms with Crippen LogP contribution in [0.1, 0.15) is 53.4 Å². The van der Waals surface area contributed by atoms with Crippen molar-refractivity contribution in [3.63, 3.8) is 0 Å². The minimum Gasteiger partial charge on any atom is -0.353 e. The number of hydrogen-bond acceptors (Lipinski definition) is 1. The maximum atomic E-state index is 11.9. The largest absolute Gasteiger partial charge is 0.353 e. The molecule has 0 aliphatic heterocycles. The van der Waals surface area contributed by atoms with Crippen LogP contribution < -0.4 is 5.32 Å². The van der Waals surface area contributed by atoms with E-state index in [1.54, 1.807) is 0 Å². The molecule has 2 nitrogen and oxygen atoms in total. The van der Waals surface area contributed by atoms with Gasteiger partial charge in [0.05, 0.1) is 0 Å². The first kappa shape index (κ1) is 12.5. The molecule has 15 heavy (non-hydrogen) atoms. The van der Waals surface area contributed by atoms with Gasteiger partial charge >= 0.3 is 0 Å². The first-order valence-electron chi connectivity index (χ1n) is 6.36. The maximum absolute atomic E-state index is 11.9. The fraction of sp³-hybridized carbons (Fsp3) is 0.923. The molecule has 1 unspecified atom stereocenters. The van der Waals surface area contributed by atoms with E-state index in [1.807, 2.05) is 0 Å². The molecule has 0 aromatic carbocycles. The van der Waals surface area contributed by atoms with E-state index in [0.717, 1.165) is 6.42 Å². The minimum atomic E-state index is 0.172. The summed E-state index contributed by atoms with van der Waals surface area (Å²) < 4.78 is 0. The number of rotatable bonds is 6. The van der Waals surface area contributed by atoms with Gasteiger partial charge in [0.2, 0.25) is 5.91 Å². The molecule has 0 spiro atoms. The van der Waals surface area contributed by atoms with Gasteiger partial charge in [0.15, 0.2) is 0 Å². The third kappa shape index (κ3) is 3.84. The van der Waals surface area contributed by atoms with Crippen molar-refractivity contribution in [1.29, 1.82) is 0 Å². The van der Waals surface area contributed by atoms with Crippen molar-refractivity contribution < 1.29 is 4.79 Å². The monoisotopic (exact) mass is 211 g/mol. The van der Waals surface area contributed by atoms with E-state index in [0.29, 0.717) is 17.9 Å². The molecule has 0 heterocycles. The van der Waals surface area contributed by atoms with Crippen LogP contribution in [0.25, 0.3) is 0 Å². The normalized spacial score (nSPS) is 20.1. The molecular formula is C13H25NO. The lowest BCUT2D eigenvalue weighted by Crippen LogP contribution is -2.36. The average Bonchev–Trinajstić information content (AvgIpc) is 2.96. The minimum absolute atomic E-state index is 0.172. The Labute approximate surface area is 93.8 Å². The third-order valence-electron chi connectivity index (χ3n) is 3.46. The molecule has 1 N–H and O–H groups in total. The first-order chi connectivity index (χ1) is 7.06. The van der Waals surface area contributed by atoms with Gasteiger partial charge in [-0.15, -0.1) is 0 Å². The second kappa shape index (κ2) is 5.53. The molecule has 0 bridgehead atoms. The van der Waals surface area contributed by atoms with E-state index in [9.17, 15) is 4.79 Å². The van der Waals surface area contributed by atoms with E-state index in [1.165, 1.54) is 19.3 Å². The zero-order valence-electron chi connectivity index (χ0n) is 10.5. The van der Waals surface area contributed by atoms with E-state index in [4.69, 9.17) is 0 Å². The van der Waals surface area contributed by atoms with E-state index < -0.39 is 0 Å². The summed E-state index contributed by atoms with van der Waals surface area (Å²) in [6, 6.07) is 0.495. The van der Waals surface area contributed by atoms with Crippen LogP contribution >= 0.6 is 0 Å². The first-order valence-corrected chi connectivity index (χ1v) is 6.36. The van der Waals surface area contributed by atoms with Crippen molar-refractivity contribution in [2.24, 2.45) is 17.8 Å². The quantitative estimate of drug-likeness (QED) is 0.719. The summed E-state index contributed by atoms with van der Waals surface area (Å²) >= 11 is 0. The number of carbonyl (C=O) groups excluding carboxylic acids is 1. The Kier molecular flexibility index (Phi) is 4.62. The molecule has 2 heteroatoms. The lowest BCUT2D eigenvalue weighted by Gasteiger charge is -2.26. The van der Waals surface area contributed by atoms with Gasteiger partial charge in [0.25, 0.3) is 0 Å². The van der Waals surface area contributed by atoms with E-state index >= 15 is 0 Å².